The van der Waals surface area contributed by atoms with Crippen LogP contribution in [0.25, 0.3) is 0 Å². The second-order valence-electron chi connectivity index (χ2n) is 4.33. The molecule has 0 aromatic rings. The Morgan fingerprint density at radius 3 is 1.70 bits per heavy atom. The maximum absolute atomic E-state index is 13.8. The van der Waals surface area contributed by atoms with Crippen LogP contribution in [0, 0.1) is 0 Å². The van der Waals surface area contributed by atoms with Crippen molar-refractivity contribution in [1.82, 2.24) is 0 Å². The second-order valence-corrected chi connectivity index (χ2v) is 7.14. The van der Waals surface area contributed by atoms with Crippen molar-refractivity contribution in [2.75, 3.05) is 0 Å². The highest BCUT2D eigenvalue weighted by Crippen LogP contribution is 2.60. The number of hydrogen-bond acceptors (Lipinski definition) is 2. The van der Waals surface area contributed by atoms with E-state index in [1.54, 1.807) is 0 Å². The van der Waals surface area contributed by atoms with Crippen molar-refractivity contribution < 1.29 is 40.3 Å². The van der Waals surface area contributed by atoms with E-state index in [0.29, 0.717) is 0 Å². The van der Waals surface area contributed by atoms with E-state index >= 15 is 0 Å². The minimum atomic E-state index is -5.79. The number of alkyl halides is 11. The number of hydrogen-bond donors (Lipinski definition) is 0. The van der Waals surface area contributed by atoms with Gasteiger partial charge in [-0.1, -0.05) is 53.0 Å². The summed E-state index contributed by atoms with van der Waals surface area (Å²) < 4.78 is 86.4. The normalized spacial score (nSPS) is 14.6. The molecule has 0 heterocycles. The molecule has 0 spiro atoms. The monoisotopic (exact) mass is 432 g/mol. The van der Waals surface area contributed by atoms with E-state index in [0.717, 1.165) is 6.92 Å². The first-order valence-corrected chi connectivity index (χ1v) is 6.76. The lowest BCUT2D eigenvalue weighted by atomic mass is 10.1. The van der Waals surface area contributed by atoms with Crippen molar-refractivity contribution in [3.8, 4) is 0 Å². The second kappa shape index (κ2) is 6.65. The highest BCUT2D eigenvalue weighted by molar-refractivity contribution is 6.63. The molecule has 0 aliphatic rings. The van der Waals surface area contributed by atoms with Gasteiger partial charge in [0.2, 0.25) is 4.33 Å². The zero-order chi connectivity index (χ0) is 19.1. The predicted molar refractivity (Wildman–Crippen MR) is 70.3 cm³/mol. The molecule has 0 aromatic heterocycles. The Balaban J connectivity index is 5.76. The molecule has 0 fully saturated rings. The summed E-state index contributed by atoms with van der Waals surface area (Å²) in [6, 6.07) is 0. The fourth-order valence-corrected chi connectivity index (χ4v) is 1.94. The Morgan fingerprint density at radius 1 is 1.00 bits per heavy atom. The summed E-state index contributed by atoms with van der Waals surface area (Å²) >= 11 is 19.9. The molecule has 2 nitrogen and oxygen atoms in total. The van der Waals surface area contributed by atoms with E-state index in [1.807, 2.05) is 0 Å². The summed E-state index contributed by atoms with van der Waals surface area (Å²) in [6.07, 6.45) is -13.4. The van der Waals surface area contributed by atoms with Gasteiger partial charge in [0.25, 0.3) is 0 Å². The predicted octanol–water partition coefficient (Wildman–Crippen LogP) is 5.63. The van der Waals surface area contributed by atoms with Crippen molar-refractivity contribution >= 4 is 52.4 Å². The topological polar surface area (TPSA) is 26.3 Å². The smallest absolute Gasteiger partial charge is 0.393 e. The largest absolute Gasteiger partial charge is 0.469 e. The highest BCUT2D eigenvalue weighted by Gasteiger charge is 2.78. The number of ether oxygens (including phenoxy) is 1. The van der Waals surface area contributed by atoms with Gasteiger partial charge in [0, 0.05) is 5.57 Å². The fraction of sp³-hybridized carbons (Fsp3) is 0.700. The van der Waals surface area contributed by atoms with E-state index in [9.17, 15) is 35.5 Å². The number of esters is 1. The zero-order valence-electron chi connectivity index (χ0n) is 10.9. The van der Waals surface area contributed by atoms with Gasteiger partial charge in [0.1, 0.15) is 0 Å². The summed E-state index contributed by atoms with van der Waals surface area (Å²) in [4.78, 5) is 10.9. The Kier molecular flexibility index (Phi) is 6.61. The van der Waals surface area contributed by atoms with Gasteiger partial charge in [-0.2, -0.15) is 30.7 Å². The minimum absolute atomic E-state index is 0.700. The van der Waals surface area contributed by atoms with Gasteiger partial charge in [-0.25, -0.2) is 4.79 Å². The molecule has 0 bridgehead atoms. The Labute approximate surface area is 145 Å². The standard InChI is InChI=1S/C10H7Cl4F7O2/c1-4(2)5(22)23-10(20,21)9(18,19)8(13,14)6(11,12)3-7(15,16)17/h1,3H2,2H3. The van der Waals surface area contributed by atoms with Crippen LogP contribution in [0.2, 0.25) is 0 Å². The maximum Gasteiger partial charge on any atom is 0.469 e. The summed E-state index contributed by atoms with van der Waals surface area (Å²) in [5.74, 6) is -7.76. The maximum atomic E-state index is 13.8. The van der Waals surface area contributed by atoms with E-state index < -0.39 is 44.8 Å². The van der Waals surface area contributed by atoms with Gasteiger partial charge >= 0.3 is 24.2 Å². The molecule has 0 amide bonds. The molecule has 136 valence electrons. The molecule has 0 saturated carbocycles. The number of rotatable bonds is 6. The Morgan fingerprint density at radius 2 is 1.39 bits per heavy atom. The van der Waals surface area contributed by atoms with Gasteiger partial charge in [0.05, 0.1) is 6.42 Å². The van der Waals surface area contributed by atoms with Gasteiger partial charge in [-0.15, -0.1) is 0 Å². The van der Waals surface area contributed by atoms with Crippen LogP contribution in [-0.2, 0) is 9.53 Å². The van der Waals surface area contributed by atoms with Crippen LogP contribution >= 0.6 is 46.4 Å². The summed E-state index contributed by atoms with van der Waals surface area (Å²) in [6.45, 7) is 3.71. The summed E-state index contributed by atoms with van der Waals surface area (Å²) in [7, 11) is 0. The van der Waals surface area contributed by atoms with Crippen molar-refractivity contribution in [3.63, 3.8) is 0 Å². The molecular weight excluding hydrogens is 427 g/mol. The first-order valence-electron chi connectivity index (χ1n) is 5.25. The average molecular weight is 434 g/mol. The SMILES string of the molecule is C=C(C)C(=O)OC(F)(F)C(F)(F)C(Cl)(Cl)C(Cl)(Cl)CC(F)(F)F. The lowest BCUT2D eigenvalue weighted by Crippen LogP contribution is -2.62. The van der Waals surface area contributed by atoms with Crippen LogP contribution in [0.5, 0.6) is 0 Å². The number of carbonyl (C=O) groups is 1. The average Bonchev–Trinajstić information content (AvgIpc) is 2.23. The van der Waals surface area contributed by atoms with Crippen molar-refractivity contribution in [1.29, 1.82) is 0 Å². The van der Waals surface area contributed by atoms with Crippen LogP contribution in [0.4, 0.5) is 30.7 Å². The number of carbonyl (C=O) groups excluding carboxylic acids is 1. The molecule has 0 radical (unpaired) electrons. The van der Waals surface area contributed by atoms with Crippen LogP contribution < -0.4 is 0 Å². The third kappa shape index (κ3) is 4.93. The lowest BCUT2D eigenvalue weighted by Gasteiger charge is -2.40. The molecule has 23 heavy (non-hydrogen) atoms. The fourth-order valence-electron chi connectivity index (χ4n) is 1.04. The molecule has 0 N–H and O–H groups in total. The molecule has 0 aromatic carbocycles. The number of halogens is 11. The van der Waals surface area contributed by atoms with E-state index in [1.165, 1.54) is 0 Å². The van der Waals surface area contributed by atoms with Gasteiger partial charge < -0.3 is 4.74 Å². The molecule has 0 aliphatic carbocycles. The van der Waals surface area contributed by atoms with Crippen molar-refractivity contribution in [2.24, 2.45) is 0 Å². The zero-order valence-corrected chi connectivity index (χ0v) is 13.9. The minimum Gasteiger partial charge on any atom is -0.393 e. The molecule has 0 atom stereocenters. The van der Waals surface area contributed by atoms with E-state index in [4.69, 9.17) is 46.4 Å². The molecular formula is C10H7Cl4F7O2. The van der Waals surface area contributed by atoms with Gasteiger partial charge in [-0.3, -0.25) is 0 Å². The third-order valence-electron chi connectivity index (χ3n) is 2.21. The Hall–Kier alpha value is -0.120. The molecule has 0 saturated heterocycles. The summed E-state index contributed by atoms with van der Waals surface area (Å²) in [5.41, 5.74) is -0.700. The van der Waals surface area contributed by atoms with Crippen LogP contribution in [0.3, 0.4) is 0 Å². The van der Waals surface area contributed by atoms with E-state index in [-0.39, 0.29) is 0 Å². The van der Waals surface area contributed by atoms with Crippen LogP contribution in [0.15, 0.2) is 12.2 Å². The van der Waals surface area contributed by atoms with Crippen molar-refractivity contribution in [3.05, 3.63) is 12.2 Å². The third-order valence-corrected chi connectivity index (χ3v) is 4.55. The Bertz CT molecular complexity index is 488. The quantitative estimate of drug-likeness (QED) is 0.235. The van der Waals surface area contributed by atoms with Gasteiger partial charge in [0.15, 0.2) is 4.33 Å². The van der Waals surface area contributed by atoms with Crippen LogP contribution in [-0.4, -0.2) is 32.8 Å². The summed E-state index contributed by atoms with van der Waals surface area (Å²) in [5, 5.41) is 0. The first-order chi connectivity index (χ1) is 9.78. The first kappa shape index (κ1) is 22.9. The molecule has 0 aliphatic heterocycles. The molecule has 13 heteroatoms. The molecule has 0 unspecified atom stereocenters. The van der Waals surface area contributed by atoms with Crippen molar-refractivity contribution in [2.45, 2.75) is 40.2 Å². The van der Waals surface area contributed by atoms with E-state index in [2.05, 4.69) is 11.3 Å². The lowest BCUT2D eigenvalue weighted by molar-refractivity contribution is -0.334. The molecule has 0 rings (SSSR count). The van der Waals surface area contributed by atoms with Crippen LogP contribution in [0.1, 0.15) is 13.3 Å². The van der Waals surface area contributed by atoms with Gasteiger partial charge in [-0.05, 0) is 6.92 Å². The highest BCUT2D eigenvalue weighted by atomic mass is 35.5.